The summed E-state index contributed by atoms with van der Waals surface area (Å²) in [6, 6.07) is 16.8. The van der Waals surface area contributed by atoms with Gasteiger partial charge >= 0.3 is 0 Å². The standard InChI is InChI=1S/C20H20N4O2/c1-26-12-11-24-17(13-7-3-2-4-8-13)18(25)16(19(24)21)20-22-14-9-5-6-10-15(14)23-20/h2-10,16-17,21H,11-12H2,1H3,(H,22,23). The van der Waals surface area contributed by atoms with Gasteiger partial charge in [-0.3, -0.25) is 10.2 Å². The highest BCUT2D eigenvalue weighted by atomic mass is 16.5. The number of hydrogen-bond acceptors (Lipinski definition) is 4. The normalized spacial score (nSPS) is 20.3. The Morgan fingerprint density at radius 2 is 1.88 bits per heavy atom. The van der Waals surface area contributed by atoms with Crippen molar-refractivity contribution in [2.45, 2.75) is 12.0 Å². The van der Waals surface area contributed by atoms with Gasteiger partial charge in [0.05, 0.1) is 17.6 Å². The molecule has 1 aromatic heterocycles. The van der Waals surface area contributed by atoms with Gasteiger partial charge < -0.3 is 14.6 Å². The first-order valence-electron chi connectivity index (χ1n) is 8.58. The second-order valence-corrected chi connectivity index (χ2v) is 6.36. The van der Waals surface area contributed by atoms with Crippen LogP contribution in [0.5, 0.6) is 0 Å². The highest BCUT2D eigenvalue weighted by Gasteiger charge is 2.47. The number of para-hydroxylation sites is 2. The Kier molecular flexibility index (Phi) is 4.26. The lowest BCUT2D eigenvalue weighted by atomic mass is 9.97. The Hall–Kier alpha value is -2.99. The van der Waals surface area contributed by atoms with Crippen molar-refractivity contribution in [3.05, 3.63) is 66.0 Å². The molecular formula is C20H20N4O2. The van der Waals surface area contributed by atoms with Crippen molar-refractivity contribution >= 4 is 22.7 Å². The molecule has 0 spiro atoms. The smallest absolute Gasteiger partial charge is 0.177 e. The number of nitrogens with zero attached hydrogens (tertiary/aromatic N) is 2. The molecular weight excluding hydrogens is 328 g/mol. The highest BCUT2D eigenvalue weighted by Crippen LogP contribution is 2.38. The van der Waals surface area contributed by atoms with Crippen LogP contribution in [0.2, 0.25) is 0 Å². The first-order chi connectivity index (χ1) is 12.7. The second-order valence-electron chi connectivity index (χ2n) is 6.36. The molecule has 0 bridgehead atoms. The van der Waals surface area contributed by atoms with Crippen LogP contribution in [0.4, 0.5) is 0 Å². The van der Waals surface area contributed by atoms with E-state index in [4.69, 9.17) is 10.1 Å². The Morgan fingerprint density at radius 3 is 2.62 bits per heavy atom. The molecule has 0 saturated carbocycles. The van der Waals surface area contributed by atoms with E-state index in [1.165, 1.54) is 0 Å². The molecule has 4 rings (SSSR count). The molecule has 26 heavy (non-hydrogen) atoms. The molecule has 1 fully saturated rings. The maximum absolute atomic E-state index is 13.3. The van der Waals surface area contributed by atoms with Gasteiger partial charge in [0.15, 0.2) is 5.78 Å². The van der Waals surface area contributed by atoms with Crippen molar-refractivity contribution in [2.24, 2.45) is 0 Å². The summed E-state index contributed by atoms with van der Waals surface area (Å²) in [6.45, 7) is 0.934. The maximum atomic E-state index is 13.3. The molecule has 1 aliphatic heterocycles. The SMILES string of the molecule is COCCN1C(=N)C(c2nc3ccccc3[nH]2)C(=O)C1c1ccccc1. The average Bonchev–Trinajstić information content (AvgIpc) is 3.18. The first kappa shape index (κ1) is 16.5. The summed E-state index contributed by atoms with van der Waals surface area (Å²) >= 11 is 0. The minimum Gasteiger partial charge on any atom is -0.383 e. The van der Waals surface area contributed by atoms with Crippen LogP contribution >= 0.6 is 0 Å². The summed E-state index contributed by atoms with van der Waals surface area (Å²) in [5, 5.41) is 8.65. The number of H-pyrrole nitrogens is 1. The molecule has 2 N–H and O–H groups in total. The minimum absolute atomic E-state index is 0.0311. The largest absolute Gasteiger partial charge is 0.383 e. The molecule has 1 saturated heterocycles. The van der Waals surface area contributed by atoms with Crippen molar-refractivity contribution in [3.8, 4) is 0 Å². The predicted octanol–water partition coefficient (Wildman–Crippen LogP) is 2.90. The zero-order chi connectivity index (χ0) is 18.1. The number of aromatic nitrogens is 2. The molecule has 0 radical (unpaired) electrons. The summed E-state index contributed by atoms with van der Waals surface area (Å²) in [5.41, 5.74) is 2.56. The van der Waals surface area contributed by atoms with E-state index in [-0.39, 0.29) is 11.6 Å². The molecule has 1 aliphatic rings. The van der Waals surface area contributed by atoms with Crippen molar-refractivity contribution in [1.82, 2.24) is 14.9 Å². The lowest BCUT2D eigenvalue weighted by molar-refractivity contribution is -0.121. The number of fused-ring (bicyclic) bond motifs is 1. The number of carbonyl (C=O) groups is 1. The molecule has 6 heteroatoms. The fourth-order valence-electron chi connectivity index (χ4n) is 3.54. The van der Waals surface area contributed by atoms with Gasteiger partial charge in [-0.25, -0.2) is 4.98 Å². The minimum atomic E-state index is -0.690. The van der Waals surface area contributed by atoms with E-state index in [9.17, 15) is 4.79 Å². The number of carbonyl (C=O) groups excluding carboxylic acids is 1. The number of imidazole rings is 1. The van der Waals surface area contributed by atoms with Crippen LogP contribution in [-0.2, 0) is 9.53 Å². The third-order valence-electron chi connectivity index (χ3n) is 4.78. The first-order valence-corrected chi connectivity index (χ1v) is 8.58. The molecule has 2 aromatic carbocycles. The quantitative estimate of drug-likeness (QED) is 0.743. The maximum Gasteiger partial charge on any atom is 0.177 e. The fourth-order valence-corrected chi connectivity index (χ4v) is 3.54. The van der Waals surface area contributed by atoms with Gasteiger partial charge in [0.25, 0.3) is 0 Å². The zero-order valence-corrected chi connectivity index (χ0v) is 14.5. The van der Waals surface area contributed by atoms with Crippen molar-refractivity contribution in [2.75, 3.05) is 20.3 Å². The lowest BCUT2D eigenvalue weighted by Gasteiger charge is -2.25. The number of ether oxygens (including phenoxy) is 1. The van der Waals surface area contributed by atoms with Crippen molar-refractivity contribution in [3.63, 3.8) is 0 Å². The van der Waals surface area contributed by atoms with Gasteiger partial charge in [-0.15, -0.1) is 0 Å². The van der Waals surface area contributed by atoms with Crippen LogP contribution in [-0.4, -0.2) is 46.7 Å². The molecule has 2 unspecified atom stereocenters. The predicted molar refractivity (Wildman–Crippen MR) is 99.3 cm³/mol. The van der Waals surface area contributed by atoms with Gasteiger partial charge in [-0.2, -0.15) is 0 Å². The lowest BCUT2D eigenvalue weighted by Crippen LogP contribution is -2.32. The van der Waals surface area contributed by atoms with Crippen LogP contribution in [0, 0.1) is 5.41 Å². The molecule has 2 heterocycles. The number of ketones is 1. The van der Waals surface area contributed by atoms with Crippen LogP contribution in [0.25, 0.3) is 11.0 Å². The van der Waals surface area contributed by atoms with Crippen LogP contribution in [0.1, 0.15) is 23.3 Å². The van der Waals surface area contributed by atoms with E-state index in [1.54, 1.807) is 7.11 Å². The van der Waals surface area contributed by atoms with Crippen molar-refractivity contribution < 1.29 is 9.53 Å². The number of hydrogen-bond donors (Lipinski definition) is 2. The second kappa shape index (κ2) is 6.72. The van der Waals surface area contributed by atoms with E-state index in [0.29, 0.717) is 19.0 Å². The summed E-state index contributed by atoms with van der Waals surface area (Å²) in [7, 11) is 1.62. The topological polar surface area (TPSA) is 82.1 Å². The number of amidine groups is 1. The van der Waals surface area contributed by atoms with E-state index in [0.717, 1.165) is 16.6 Å². The summed E-state index contributed by atoms with van der Waals surface area (Å²) in [5.74, 6) is 0.0721. The summed E-state index contributed by atoms with van der Waals surface area (Å²) < 4.78 is 5.19. The Balaban J connectivity index is 1.75. The van der Waals surface area contributed by atoms with Crippen LogP contribution < -0.4 is 0 Å². The third kappa shape index (κ3) is 2.68. The zero-order valence-electron chi connectivity index (χ0n) is 14.5. The van der Waals surface area contributed by atoms with Gasteiger partial charge in [-0.05, 0) is 17.7 Å². The van der Waals surface area contributed by atoms with E-state index in [2.05, 4.69) is 9.97 Å². The monoisotopic (exact) mass is 348 g/mol. The molecule has 132 valence electrons. The summed E-state index contributed by atoms with van der Waals surface area (Å²) in [4.78, 5) is 22.9. The number of likely N-dealkylation sites (tertiary alicyclic amines) is 1. The Labute approximate surface area is 151 Å². The number of nitrogens with one attached hydrogen (secondary N) is 2. The van der Waals surface area contributed by atoms with E-state index < -0.39 is 12.0 Å². The Bertz CT molecular complexity index is 918. The number of methoxy groups -OCH3 is 1. The Morgan fingerprint density at radius 1 is 1.15 bits per heavy atom. The number of Topliss-reactive ketones (excluding diaryl/α,β-unsaturated/α-hetero) is 1. The van der Waals surface area contributed by atoms with E-state index >= 15 is 0 Å². The number of aromatic amines is 1. The molecule has 3 aromatic rings. The highest BCUT2D eigenvalue weighted by molar-refractivity contribution is 6.15. The average molecular weight is 348 g/mol. The van der Waals surface area contributed by atoms with Gasteiger partial charge in [0.2, 0.25) is 0 Å². The van der Waals surface area contributed by atoms with Crippen LogP contribution in [0.3, 0.4) is 0 Å². The van der Waals surface area contributed by atoms with E-state index in [1.807, 2.05) is 59.5 Å². The molecule has 0 aliphatic carbocycles. The fraction of sp³-hybridized carbons (Fsp3) is 0.250. The number of benzene rings is 2. The van der Waals surface area contributed by atoms with Gasteiger partial charge in [0.1, 0.15) is 23.6 Å². The number of rotatable bonds is 5. The molecule has 6 nitrogen and oxygen atoms in total. The van der Waals surface area contributed by atoms with Gasteiger partial charge in [-0.1, -0.05) is 42.5 Å². The third-order valence-corrected chi connectivity index (χ3v) is 4.78. The van der Waals surface area contributed by atoms with Crippen molar-refractivity contribution in [1.29, 1.82) is 5.41 Å². The van der Waals surface area contributed by atoms with Gasteiger partial charge in [0, 0.05) is 13.7 Å². The molecule has 2 atom stereocenters. The summed E-state index contributed by atoms with van der Waals surface area (Å²) in [6.07, 6.45) is 0. The molecule has 0 amide bonds. The van der Waals surface area contributed by atoms with Crippen LogP contribution in [0.15, 0.2) is 54.6 Å².